The van der Waals surface area contributed by atoms with Crippen LogP contribution in [0.1, 0.15) is 46.5 Å². The summed E-state index contributed by atoms with van der Waals surface area (Å²) in [6.45, 7) is 4.25. The first-order valence-corrected chi connectivity index (χ1v) is 8.31. The molecule has 7 heteroatoms. The number of imidazole rings is 1. The fourth-order valence-corrected chi connectivity index (χ4v) is 3.56. The van der Waals surface area contributed by atoms with Gasteiger partial charge in [0.1, 0.15) is 17.1 Å². The van der Waals surface area contributed by atoms with Gasteiger partial charge in [0, 0.05) is 11.6 Å². The molecule has 6 nitrogen and oxygen atoms in total. The van der Waals surface area contributed by atoms with Crippen LogP contribution in [-0.2, 0) is 0 Å². The Morgan fingerprint density at radius 1 is 1.42 bits per heavy atom. The fraction of sp³-hybridized carbons (Fsp3) is 0.353. The van der Waals surface area contributed by atoms with Crippen LogP contribution in [0.3, 0.4) is 0 Å². The van der Waals surface area contributed by atoms with Gasteiger partial charge in [-0.05, 0) is 44.9 Å². The van der Waals surface area contributed by atoms with Gasteiger partial charge in [0.2, 0.25) is 0 Å². The SMILES string of the molecule is Cc1noc(C)c1C(=O)N1CCCC1c1nc2ccc(Cl)cc2[nH]1. The largest absolute Gasteiger partial charge is 0.361 e. The number of carbonyl (C=O) groups is 1. The predicted molar refractivity (Wildman–Crippen MR) is 90.1 cm³/mol. The molecule has 0 saturated carbocycles. The molecule has 0 aliphatic carbocycles. The van der Waals surface area contributed by atoms with Crippen LogP contribution in [0.4, 0.5) is 0 Å². The molecule has 1 amide bonds. The summed E-state index contributed by atoms with van der Waals surface area (Å²) >= 11 is 6.04. The van der Waals surface area contributed by atoms with Gasteiger partial charge in [-0.15, -0.1) is 0 Å². The van der Waals surface area contributed by atoms with Crippen LogP contribution in [-0.4, -0.2) is 32.5 Å². The van der Waals surface area contributed by atoms with E-state index in [1.165, 1.54) is 0 Å². The molecule has 4 rings (SSSR count). The fourth-order valence-electron chi connectivity index (χ4n) is 3.39. The lowest BCUT2D eigenvalue weighted by atomic mass is 10.1. The van der Waals surface area contributed by atoms with E-state index >= 15 is 0 Å². The second kappa shape index (κ2) is 5.63. The molecule has 124 valence electrons. The Bertz CT molecular complexity index is 910. The summed E-state index contributed by atoms with van der Waals surface area (Å²) in [6, 6.07) is 5.48. The number of nitrogens with zero attached hydrogens (tertiary/aromatic N) is 3. The van der Waals surface area contributed by atoms with Gasteiger partial charge in [0.15, 0.2) is 0 Å². The summed E-state index contributed by atoms with van der Waals surface area (Å²) < 4.78 is 5.14. The van der Waals surface area contributed by atoms with Crippen molar-refractivity contribution in [2.45, 2.75) is 32.7 Å². The van der Waals surface area contributed by atoms with Crippen molar-refractivity contribution < 1.29 is 9.32 Å². The smallest absolute Gasteiger partial charge is 0.259 e. The maximum atomic E-state index is 13.0. The number of carbonyl (C=O) groups excluding carboxylic acids is 1. The van der Waals surface area contributed by atoms with Crippen molar-refractivity contribution in [3.63, 3.8) is 0 Å². The van der Waals surface area contributed by atoms with Crippen molar-refractivity contribution in [1.29, 1.82) is 0 Å². The molecule has 0 bridgehead atoms. The van der Waals surface area contributed by atoms with Crippen LogP contribution in [0, 0.1) is 13.8 Å². The molecule has 3 aromatic rings. The molecule has 1 unspecified atom stereocenters. The van der Waals surface area contributed by atoms with Crippen LogP contribution in [0.25, 0.3) is 11.0 Å². The average molecular weight is 345 g/mol. The molecule has 1 aliphatic heterocycles. The monoisotopic (exact) mass is 344 g/mol. The summed E-state index contributed by atoms with van der Waals surface area (Å²) in [6.07, 6.45) is 1.82. The number of hydrogen-bond donors (Lipinski definition) is 1. The van der Waals surface area contributed by atoms with Gasteiger partial charge in [-0.2, -0.15) is 0 Å². The van der Waals surface area contributed by atoms with E-state index in [0.29, 0.717) is 28.6 Å². The molecule has 0 radical (unpaired) electrons. The Morgan fingerprint density at radius 3 is 3.00 bits per heavy atom. The number of halogens is 1. The predicted octanol–water partition coefficient (Wildman–Crippen LogP) is 3.80. The number of benzene rings is 1. The van der Waals surface area contributed by atoms with Crippen molar-refractivity contribution >= 4 is 28.5 Å². The molecule has 0 spiro atoms. The third kappa shape index (κ3) is 2.38. The highest BCUT2D eigenvalue weighted by Crippen LogP contribution is 2.33. The minimum atomic E-state index is -0.0719. The summed E-state index contributed by atoms with van der Waals surface area (Å²) in [4.78, 5) is 22.8. The van der Waals surface area contributed by atoms with Crippen molar-refractivity contribution in [3.05, 3.63) is 46.1 Å². The highest BCUT2D eigenvalue weighted by molar-refractivity contribution is 6.31. The molecule has 1 fully saturated rings. The Morgan fingerprint density at radius 2 is 2.25 bits per heavy atom. The highest BCUT2D eigenvalue weighted by atomic mass is 35.5. The Labute approximate surface area is 143 Å². The molecular formula is C17H17ClN4O2. The zero-order chi connectivity index (χ0) is 16.8. The molecular weight excluding hydrogens is 328 g/mol. The van der Waals surface area contributed by atoms with Crippen LogP contribution in [0.2, 0.25) is 5.02 Å². The molecule has 1 atom stereocenters. The van der Waals surface area contributed by atoms with Gasteiger partial charge in [-0.3, -0.25) is 4.79 Å². The summed E-state index contributed by atoms with van der Waals surface area (Å²) in [5, 5.41) is 4.55. The number of fused-ring (bicyclic) bond motifs is 1. The lowest BCUT2D eigenvalue weighted by Gasteiger charge is -2.23. The van der Waals surface area contributed by atoms with Gasteiger partial charge in [-0.1, -0.05) is 16.8 Å². The third-order valence-electron chi connectivity index (χ3n) is 4.54. The number of hydrogen-bond acceptors (Lipinski definition) is 4. The molecule has 1 aliphatic rings. The van der Waals surface area contributed by atoms with E-state index in [-0.39, 0.29) is 11.9 Å². The van der Waals surface area contributed by atoms with Crippen LogP contribution in [0.5, 0.6) is 0 Å². The lowest BCUT2D eigenvalue weighted by Crippen LogP contribution is -2.31. The first-order chi connectivity index (χ1) is 11.5. The van der Waals surface area contributed by atoms with Crippen molar-refractivity contribution in [2.24, 2.45) is 0 Å². The Hall–Kier alpha value is -2.34. The number of likely N-dealkylation sites (tertiary alicyclic amines) is 1. The first kappa shape index (κ1) is 15.2. The quantitative estimate of drug-likeness (QED) is 0.767. The van der Waals surface area contributed by atoms with Crippen molar-refractivity contribution in [2.75, 3.05) is 6.54 Å². The highest BCUT2D eigenvalue weighted by Gasteiger charge is 2.35. The maximum Gasteiger partial charge on any atom is 0.259 e. The zero-order valence-electron chi connectivity index (χ0n) is 13.5. The number of nitrogens with one attached hydrogen (secondary N) is 1. The van der Waals surface area contributed by atoms with E-state index in [1.54, 1.807) is 13.8 Å². The molecule has 1 aromatic carbocycles. The van der Waals surface area contributed by atoms with E-state index in [2.05, 4.69) is 15.1 Å². The Balaban J connectivity index is 1.70. The average Bonchev–Trinajstić information content (AvgIpc) is 3.24. The van der Waals surface area contributed by atoms with Crippen LogP contribution >= 0.6 is 11.6 Å². The lowest BCUT2D eigenvalue weighted by molar-refractivity contribution is 0.0728. The summed E-state index contributed by atoms with van der Waals surface area (Å²) in [7, 11) is 0. The second-order valence-corrected chi connectivity index (χ2v) is 6.58. The van der Waals surface area contributed by atoms with Gasteiger partial charge < -0.3 is 14.4 Å². The minimum absolute atomic E-state index is 0.0489. The normalized spacial score (nSPS) is 17.8. The number of H-pyrrole nitrogens is 1. The minimum Gasteiger partial charge on any atom is -0.361 e. The number of aryl methyl sites for hydroxylation is 2. The van der Waals surface area contributed by atoms with Crippen LogP contribution < -0.4 is 0 Å². The van der Waals surface area contributed by atoms with Gasteiger partial charge in [-0.25, -0.2) is 4.98 Å². The summed E-state index contributed by atoms with van der Waals surface area (Å²) in [5.74, 6) is 1.30. The van der Waals surface area contributed by atoms with E-state index in [0.717, 1.165) is 29.7 Å². The van der Waals surface area contributed by atoms with E-state index < -0.39 is 0 Å². The van der Waals surface area contributed by atoms with Crippen molar-refractivity contribution in [1.82, 2.24) is 20.0 Å². The number of aromatic nitrogens is 3. The van der Waals surface area contributed by atoms with Gasteiger partial charge in [0.25, 0.3) is 5.91 Å². The van der Waals surface area contributed by atoms with E-state index in [1.807, 2.05) is 23.1 Å². The van der Waals surface area contributed by atoms with Crippen molar-refractivity contribution in [3.8, 4) is 0 Å². The Kier molecular flexibility index (Phi) is 3.57. The van der Waals surface area contributed by atoms with E-state index in [4.69, 9.17) is 16.1 Å². The maximum absolute atomic E-state index is 13.0. The number of rotatable bonds is 2. The summed E-state index contributed by atoms with van der Waals surface area (Å²) in [5.41, 5.74) is 2.92. The van der Waals surface area contributed by atoms with E-state index in [9.17, 15) is 4.79 Å². The molecule has 1 N–H and O–H groups in total. The molecule has 3 heterocycles. The molecule has 2 aromatic heterocycles. The van der Waals surface area contributed by atoms with Gasteiger partial charge in [0.05, 0.1) is 22.8 Å². The number of amides is 1. The molecule has 1 saturated heterocycles. The first-order valence-electron chi connectivity index (χ1n) is 7.93. The molecule has 24 heavy (non-hydrogen) atoms. The second-order valence-electron chi connectivity index (χ2n) is 6.14. The third-order valence-corrected chi connectivity index (χ3v) is 4.77. The topological polar surface area (TPSA) is 75.0 Å². The van der Waals surface area contributed by atoms with Crippen LogP contribution in [0.15, 0.2) is 22.7 Å². The standard InChI is InChI=1S/C17H17ClN4O2/c1-9-15(10(2)24-21-9)17(23)22-7-3-4-14(22)16-19-12-6-5-11(18)8-13(12)20-16/h5-6,8,14H,3-4,7H2,1-2H3,(H,19,20). The number of aromatic amines is 1. The van der Waals surface area contributed by atoms with Gasteiger partial charge >= 0.3 is 0 Å². The zero-order valence-corrected chi connectivity index (χ0v) is 14.2.